The molecular weight excluding hydrogens is 397 g/mol. The zero-order valence-electron chi connectivity index (χ0n) is 18.2. The van der Waals surface area contributed by atoms with E-state index in [0.717, 1.165) is 24.3 Å². The molecule has 0 aromatic heterocycles. The lowest BCUT2D eigenvalue weighted by molar-refractivity contribution is -0.132. The number of methoxy groups -OCH3 is 1. The molecule has 2 aromatic rings. The van der Waals surface area contributed by atoms with Gasteiger partial charge in [-0.1, -0.05) is 18.2 Å². The lowest BCUT2D eigenvalue weighted by Crippen LogP contribution is -2.50. The van der Waals surface area contributed by atoms with E-state index >= 15 is 0 Å². The molecule has 1 amide bonds. The van der Waals surface area contributed by atoms with E-state index in [0.29, 0.717) is 25.4 Å². The number of allylic oxidation sites excluding steroid dienone is 1. The minimum absolute atomic E-state index is 0.00622. The molecule has 3 rings (SSSR count). The number of rotatable bonds is 7. The number of hydrogen-bond acceptors (Lipinski definition) is 5. The molecule has 0 N–H and O–H groups in total. The third-order valence-corrected chi connectivity index (χ3v) is 5.19. The molecule has 1 aliphatic heterocycles. The van der Waals surface area contributed by atoms with Gasteiger partial charge in [0.05, 0.1) is 19.2 Å². The lowest BCUT2D eigenvalue weighted by atomic mass is 10.1. The summed E-state index contributed by atoms with van der Waals surface area (Å²) in [7, 11) is 5.23. The van der Waals surface area contributed by atoms with Crippen LogP contribution in [0.2, 0.25) is 0 Å². The van der Waals surface area contributed by atoms with Gasteiger partial charge in [0.25, 0.3) is 0 Å². The van der Waals surface area contributed by atoms with Gasteiger partial charge < -0.3 is 19.4 Å². The first-order chi connectivity index (χ1) is 14.9. The molecule has 31 heavy (non-hydrogen) atoms. The normalized spacial score (nSPS) is 14.4. The highest BCUT2D eigenvalue weighted by Gasteiger charge is 2.21. The number of anilines is 1. The first-order valence-corrected chi connectivity index (χ1v) is 10.2. The summed E-state index contributed by atoms with van der Waals surface area (Å²) in [5.74, 6) is -0.497. The Morgan fingerprint density at radius 3 is 2.48 bits per heavy atom. The zero-order valence-corrected chi connectivity index (χ0v) is 18.2. The largest absolute Gasteiger partial charge is 0.497 e. The third kappa shape index (κ3) is 5.92. The highest BCUT2D eigenvalue weighted by atomic mass is 19.1. The Morgan fingerprint density at radius 2 is 1.84 bits per heavy atom. The van der Waals surface area contributed by atoms with Crippen molar-refractivity contribution < 1.29 is 18.7 Å². The van der Waals surface area contributed by atoms with Crippen molar-refractivity contribution in [1.29, 1.82) is 0 Å². The van der Waals surface area contributed by atoms with Crippen molar-refractivity contribution in [2.75, 3.05) is 58.8 Å². The van der Waals surface area contributed by atoms with Crippen LogP contribution in [0.5, 0.6) is 5.75 Å². The molecule has 1 aliphatic rings. The number of carbonyl (C=O) groups excluding carboxylic acids is 2. The summed E-state index contributed by atoms with van der Waals surface area (Å²) in [6, 6.07) is 12.0. The van der Waals surface area contributed by atoms with E-state index in [4.69, 9.17) is 4.74 Å². The van der Waals surface area contributed by atoms with Gasteiger partial charge in [0.15, 0.2) is 5.78 Å². The summed E-state index contributed by atoms with van der Waals surface area (Å²) < 4.78 is 19.1. The first-order valence-electron chi connectivity index (χ1n) is 10.2. The van der Waals surface area contributed by atoms with Crippen LogP contribution < -0.4 is 9.64 Å². The second-order valence-electron chi connectivity index (χ2n) is 7.74. The maximum atomic E-state index is 14.1. The highest BCUT2D eigenvalue weighted by Crippen LogP contribution is 2.20. The average molecular weight is 426 g/mol. The van der Waals surface area contributed by atoms with Crippen LogP contribution in [0.25, 0.3) is 6.08 Å². The lowest BCUT2D eigenvalue weighted by Gasteiger charge is -2.36. The number of ether oxygens (including phenoxy) is 1. The Hall–Kier alpha value is -3.19. The standard InChI is InChI=1S/C24H28FN3O3/c1-26(2)17-24(30)28-13-11-27(12-14-28)19-6-4-5-18(15-19)7-10-23(29)21-9-8-20(31-3)16-22(21)25/h4-10,15-16H,11-14,17H2,1-3H3/b10-7+. The second-order valence-corrected chi connectivity index (χ2v) is 7.74. The minimum Gasteiger partial charge on any atom is -0.497 e. The van der Waals surface area contributed by atoms with Gasteiger partial charge in [0.1, 0.15) is 11.6 Å². The van der Waals surface area contributed by atoms with Crippen molar-refractivity contribution in [3.8, 4) is 5.75 Å². The van der Waals surface area contributed by atoms with Crippen molar-refractivity contribution in [1.82, 2.24) is 9.80 Å². The Kier molecular flexibility index (Phi) is 7.41. The molecule has 6 nitrogen and oxygen atoms in total. The van der Waals surface area contributed by atoms with Crippen LogP contribution >= 0.6 is 0 Å². The molecule has 0 radical (unpaired) electrons. The smallest absolute Gasteiger partial charge is 0.236 e. The molecule has 1 heterocycles. The van der Waals surface area contributed by atoms with Crippen LogP contribution in [0.4, 0.5) is 10.1 Å². The SMILES string of the molecule is COc1ccc(C(=O)/C=C/c2cccc(N3CCN(C(=O)CN(C)C)CC3)c2)c(F)c1. The number of amides is 1. The van der Waals surface area contributed by atoms with Crippen LogP contribution in [0.3, 0.4) is 0 Å². The Morgan fingerprint density at radius 1 is 1.10 bits per heavy atom. The fraction of sp³-hybridized carbons (Fsp3) is 0.333. The Balaban J connectivity index is 1.63. The average Bonchev–Trinajstić information content (AvgIpc) is 2.77. The molecular formula is C24H28FN3O3. The highest BCUT2D eigenvalue weighted by molar-refractivity contribution is 6.07. The van der Waals surface area contributed by atoms with Crippen molar-refractivity contribution >= 4 is 23.5 Å². The van der Waals surface area contributed by atoms with Gasteiger partial charge >= 0.3 is 0 Å². The molecule has 0 bridgehead atoms. The topological polar surface area (TPSA) is 53.1 Å². The van der Waals surface area contributed by atoms with Crippen molar-refractivity contribution in [2.24, 2.45) is 0 Å². The van der Waals surface area contributed by atoms with Gasteiger partial charge in [-0.3, -0.25) is 9.59 Å². The molecule has 0 saturated carbocycles. The summed E-state index contributed by atoms with van der Waals surface area (Å²) >= 11 is 0. The predicted molar refractivity (Wildman–Crippen MR) is 120 cm³/mol. The zero-order chi connectivity index (χ0) is 22.4. The number of carbonyl (C=O) groups is 2. The molecule has 0 aliphatic carbocycles. The number of benzene rings is 2. The number of nitrogens with zero attached hydrogens (tertiary/aromatic N) is 3. The van der Waals surface area contributed by atoms with E-state index in [1.807, 2.05) is 48.2 Å². The summed E-state index contributed by atoms with van der Waals surface area (Å²) in [5.41, 5.74) is 1.89. The third-order valence-electron chi connectivity index (χ3n) is 5.19. The van der Waals surface area contributed by atoms with Gasteiger partial charge in [0.2, 0.25) is 5.91 Å². The molecule has 7 heteroatoms. The van der Waals surface area contributed by atoms with Gasteiger partial charge in [0, 0.05) is 37.9 Å². The summed E-state index contributed by atoms with van der Waals surface area (Å²) in [6.07, 6.45) is 3.06. The fourth-order valence-corrected chi connectivity index (χ4v) is 3.49. The van der Waals surface area contributed by atoms with Crippen LogP contribution in [0, 0.1) is 5.82 Å². The van der Waals surface area contributed by atoms with Gasteiger partial charge in [-0.05, 0) is 50.0 Å². The van der Waals surface area contributed by atoms with E-state index in [-0.39, 0.29) is 11.5 Å². The molecule has 1 saturated heterocycles. The predicted octanol–water partition coefficient (Wildman–Crippen LogP) is 2.94. The van der Waals surface area contributed by atoms with Gasteiger partial charge in [-0.25, -0.2) is 4.39 Å². The van der Waals surface area contributed by atoms with Crippen molar-refractivity contribution in [3.63, 3.8) is 0 Å². The van der Waals surface area contributed by atoms with Crippen LogP contribution in [-0.4, -0.2) is 75.4 Å². The molecule has 2 aromatic carbocycles. The molecule has 0 unspecified atom stereocenters. The van der Waals surface area contributed by atoms with Crippen molar-refractivity contribution in [2.45, 2.75) is 0 Å². The maximum absolute atomic E-state index is 14.1. The van der Waals surface area contributed by atoms with Crippen LogP contribution in [0.15, 0.2) is 48.5 Å². The van der Waals surface area contributed by atoms with E-state index < -0.39 is 11.6 Å². The maximum Gasteiger partial charge on any atom is 0.236 e. The Bertz CT molecular complexity index is 966. The summed E-state index contributed by atoms with van der Waals surface area (Å²) in [5, 5.41) is 0. The Labute approximate surface area is 182 Å². The fourth-order valence-electron chi connectivity index (χ4n) is 3.49. The van der Waals surface area contributed by atoms with E-state index in [9.17, 15) is 14.0 Å². The van der Waals surface area contributed by atoms with Crippen LogP contribution in [0.1, 0.15) is 15.9 Å². The molecule has 0 atom stereocenters. The molecule has 164 valence electrons. The monoisotopic (exact) mass is 425 g/mol. The number of hydrogen-bond donors (Lipinski definition) is 0. The number of piperazine rings is 1. The minimum atomic E-state index is -0.607. The van der Waals surface area contributed by atoms with Gasteiger partial charge in [-0.2, -0.15) is 0 Å². The number of ketones is 1. The van der Waals surface area contributed by atoms with Crippen molar-refractivity contribution in [3.05, 3.63) is 65.5 Å². The molecule has 0 spiro atoms. The summed E-state index contributed by atoms with van der Waals surface area (Å²) in [4.78, 5) is 30.6. The molecule has 1 fully saturated rings. The quantitative estimate of drug-likeness (QED) is 0.504. The van der Waals surface area contributed by atoms with E-state index in [2.05, 4.69) is 4.90 Å². The first kappa shape index (κ1) is 22.5. The van der Waals surface area contributed by atoms with Crippen LogP contribution in [-0.2, 0) is 4.79 Å². The number of halogens is 1. The summed E-state index contributed by atoms with van der Waals surface area (Å²) in [6.45, 7) is 3.29. The van der Waals surface area contributed by atoms with E-state index in [1.165, 1.54) is 25.3 Å². The number of likely N-dealkylation sites (N-methyl/N-ethyl adjacent to an activating group) is 1. The van der Waals surface area contributed by atoms with E-state index in [1.54, 1.807) is 12.1 Å². The second kappa shape index (κ2) is 10.2. The van der Waals surface area contributed by atoms with Gasteiger partial charge in [-0.15, -0.1) is 0 Å².